The molecular formula is C28H27NO6. The number of likely N-dealkylation sites (tertiary alicyclic amines) is 1. The number of hydrogen-bond acceptors (Lipinski definition) is 6. The van der Waals surface area contributed by atoms with E-state index in [-0.39, 0.29) is 17.9 Å². The van der Waals surface area contributed by atoms with Crippen molar-refractivity contribution in [1.29, 1.82) is 0 Å². The Morgan fingerprint density at radius 3 is 2.37 bits per heavy atom. The Morgan fingerprint density at radius 1 is 1.06 bits per heavy atom. The van der Waals surface area contributed by atoms with Gasteiger partial charge in [0, 0.05) is 5.56 Å². The van der Waals surface area contributed by atoms with E-state index in [9.17, 15) is 14.7 Å². The third-order valence-electron chi connectivity index (χ3n) is 5.61. The van der Waals surface area contributed by atoms with Crippen LogP contribution < -0.4 is 9.47 Å². The fourth-order valence-electron chi connectivity index (χ4n) is 3.95. The van der Waals surface area contributed by atoms with Gasteiger partial charge < -0.3 is 23.9 Å². The fraction of sp³-hybridized carbons (Fsp3) is 0.214. The van der Waals surface area contributed by atoms with E-state index in [4.69, 9.17) is 13.9 Å². The summed E-state index contributed by atoms with van der Waals surface area (Å²) >= 11 is 0. The molecule has 1 atom stereocenters. The SMILES string of the molecule is C=CCOc1ccc(C(O)=C2C(=O)C(=O)N(Cc3ccco3)[C@H]2c2ccc(OCCC)cc2)cc1. The van der Waals surface area contributed by atoms with Gasteiger partial charge in [-0.1, -0.05) is 31.7 Å². The van der Waals surface area contributed by atoms with E-state index in [1.807, 2.05) is 6.92 Å². The van der Waals surface area contributed by atoms with E-state index >= 15 is 0 Å². The summed E-state index contributed by atoms with van der Waals surface area (Å²) < 4.78 is 16.6. The minimum Gasteiger partial charge on any atom is -0.507 e. The van der Waals surface area contributed by atoms with E-state index in [1.54, 1.807) is 66.7 Å². The molecule has 0 bridgehead atoms. The minimum absolute atomic E-state index is 0.0172. The number of carbonyl (C=O) groups is 2. The molecule has 1 aromatic heterocycles. The van der Waals surface area contributed by atoms with Crippen LogP contribution in [0.2, 0.25) is 0 Å². The van der Waals surface area contributed by atoms with Gasteiger partial charge in [0.1, 0.15) is 29.6 Å². The molecule has 35 heavy (non-hydrogen) atoms. The molecule has 4 rings (SSSR count). The van der Waals surface area contributed by atoms with Crippen LogP contribution in [0.5, 0.6) is 11.5 Å². The first-order chi connectivity index (χ1) is 17.0. The Balaban J connectivity index is 1.74. The lowest BCUT2D eigenvalue weighted by molar-refractivity contribution is -0.140. The summed E-state index contributed by atoms with van der Waals surface area (Å²) in [6.07, 6.45) is 4.02. The summed E-state index contributed by atoms with van der Waals surface area (Å²) in [6, 6.07) is 16.5. The molecule has 1 amide bonds. The van der Waals surface area contributed by atoms with Gasteiger partial charge in [-0.15, -0.1) is 0 Å². The van der Waals surface area contributed by atoms with Gasteiger partial charge in [0.25, 0.3) is 11.7 Å². The number of ether oxygens (including phenoxy) is 2. The molecule has 2 heterocycles. The second-order valence-electron chi connectivity index (χ2n) is 8.05. The topological polar surface area (TPSA) is 89.2 Å². The Hall–Kier alpha value is -4.26. The quantitative estimate of drug-likeness (QED) is 0.187. The summed E-state index contributed by atoms with van der Waals surface area (Å²) in [5.74, 6) is 0.107. The zero-order chi connectivity index (χ0) is 24.8. The van der Waals surface area contributed by atoms with Gasteiger partial charge in [0.15, 0.2) is 0 Å². The summed E-state index contributed by atoms with van der Waals surface area (Å²) in [5, 5.41) is 11.2. The number of benzene rings is 2. The van der Waals surface area contributed by atoms with Crippen LogP contribution >= 0.6 is 0 Å². The molecule has 1 saturated heterocycles. The number of carbonyl (C=O) groups excluding carboxylic acids is 2. The highest BCUT2D eigenvalue weighted by Gasteiger charge is 2.46. The number of amides is 1. The van der Waals surface area contributed by atoms with E-state index in [0.29, 0.717) is 41.6 Å². The molecular weight excluding hydrogens is 446 g/mol. The largest absolute Gasteiger partial charge is 0.507 e. The number of Topliss-reactive ketones (excluding diaryl/α,β-unsaturated/α-hetero) is 1. The van der Waals surface area contributed by atoms with Gasteiger partial charge in [-0.05, 0) is 60.5 Å². The Bertz CT molecular complexity index is 1210. The maximum Gasteiger partial charge on any atom is 0.296 e. The van der Waals surface area contributed by atoms with Crippen molar-refractivity contribution in [1.82, 2.24) is 4.90 Å². The van der Waals surface area contributed by atoms with E-state index < -0.39 is 17.7 Å². The molecule has 1 aliphatic heterocycles. The van der Waals surface area contributed by atoms with Gasteiger partial charge in [-0.3, -0.25) is 9.59 Å². The number of nitrogens with zero attached hydrogens (tertiary/aromatic N) is 1. The molecule has 0 saturated carbocycles. The molecule has 1 fully saturated rings. The lowest BCUT2D eigenvalue weighted by Crippen LogP contribution is -2.29. The number of rotatable bonds is 10. The van der Waals surface area contributed by atoms with Crippen LogP contribution in [0, 0.1) is 0 Å². The highest BCUT2D eigenvalue weighted by Crippen LogP contribution is 2.40. The number of furan rings is 1. The van der Waals surface area contributed by atoms with Crippen LogP contribution in [0.3, 0.4) is 0 Å². The molecule has 7 nitrogen and oxygen atoms in total. The van der Waals surface area contributed by atoms with Crippen molar-refractivity contribution >= 4 is 17.4 Å². The second kappa shape index (κ2) is 10.8. The zero-order valence-electron chi connectivity index (χ0n) is 19.5. The van der Waals surface area contributed by atoms with E-state index in [2.05, 4.69) is 6.58 Å². The van der Waals surface area contributed by atoms with Crippen LogP contribution in [0.1, 0.15) is 36.3 Å². The lowest BCUT2D eigenvalue weighted by atomic mass is 9.95. The third-order valence-corrected chi connectivity index (χ3v) is 5.61. The summed E-state index contributed by atoms with van der Waals surface area (Å²) in [7, 11) is 0. The second-order valence-corrected chi connectivity index (χ2v) is 8.05. The molecule has 0 radical (unpaired) electrons. The Morgan fingerprint density at radius 2 is 1.74 bits per heavy atom. The number of aliphatic hydroxyl groups excluding tert-OH is 1. The zero-order valence-corrected chi connectivity index (χ0v) is 19.5. The number of ketones is 1. The van der Waals surface area contributed by atoms with Gasteiger partial charge in [-0.2, -0.15) is 0 Å². The standard InChI is InChI=1S/C28H27NO6/c1-3-15-33-21-11-7-19(8-12-21)25-24(26(30)20-9-13-22(14-10-20)34-16-4-2)27(31)28(32)29(25)18-23-6-5-17-35-23/h4-14,17,25,30H,2-3,15-16,18H2,1H3/t25-/m0/s1. The van der Waals surface area contributed by atoms with Gasteiger partial charge in [0.2, 0.25) is 0 Å². The van der Waals surface area contributed by atoms with Crippen LogP contribution in [0.4, 0.5) is 0 Å². The predicted octanol–water partition coefficient (Wildman–Crippen LogP) is 5.26. The van der Waals surface area contributed by atoms with Crippen molar-refractivity contribution in [2.45, 2.75) is 25.9 Å². The van der Waals surface area contributed by atoms with Crippen LogP contribution in [-0.2, 0) is 16.1 Å². The van der Waals surface area contributed by atoms with Crippen molar-refractivity contribution in [3.05, 3.63) is 102 Å². The molecule has 1 aliphatic rings. The summed E-state index contributed by atoms with van der Waals surface area (Å²) in [6.45, 7) is 6.66. The highest BCUT2D eigenvalue weighted by atomic mass is 16.5. The molecule has 0 aliphatic carbocycles. The highest BCUT2D eigenvalue weighted by molar-refractivity contribution is 6.46. The lowest BCUT2D eigenvalue weighted by Gasteiger charge is -2.24. The number of aliphatic hydroxyl groups is 1. The first-order valence-electron chi connectivity index (χ1n) is 11.4. The van der Waals surface area contributed by atoms with Gasteiger partial charge >= 0.3 is 0 Å². The normalized spacial score (nSPS) is 16.9. The fourth-order valence-corrected chi connectivity index (χ4v) is 3.95. The van der Waals surface area contributed by atoms with E-state index in [0.717, 1.165) is 6.42 Å². The Kier molecular flexibility index (Phi) is 7.35. The maximum atomic E-state index is 13.2. The van der Waals surface area contributed by atoms with Crippen molar-refractivity contribution < 1.29 is 28.6 Å². The maximum absolute atomic E-state index is 13.2. The Labute approximate surface area is 203 Å². The van der Waals surface area contributed by atoms with Crippen molar-refractivity contribution in [2.75, 3.05) is 13.2 Å². The molecule has 0 unspecified atom stereocenters. The smallest absolute Gasteiger partial charge is 0.296 e. The summed E-state index contributed by atoms with van der Waals surface area (Å²) in [4.78, 5) is 27.6. The van der Waals surface area contributed by atoms with Crippen molar-refractivity contribution in [2.24, 2.45) is 0 Å². The average Bonchev–Trinajstić information content (AvgIpc) is 3.49. The first kappa shape index (κ1) is 23.9. The average molecular weight is 474 g/mol. The first-order valence-corrected chi connectivity index (χ1v) is 11.4. The van der Waals surface area contributed by atoms with Crippen molar-refractivity contribution in [3.63, 3.8) is 0 Å². The predicted molar refractivity (Wildman–Crippen MR) is 131 cm³/mol. The molecule has 180 valence electrons. The summed E-state index contributed by atoms with van der Waals surface area (Å²) in [5.41, 5.74) is 1.09. The van der Waals surface area contributed by atoms with Crippen molar-refractivity contribution in [3.8, 4) is 11.5 Å². The monoisotopic (exact) mass is 473 g/mol. The van der Waals surface area contributed by atoms with Crippen LogP contribution in [0.25, 0.3) is 5.76 Å². The minimum atomic E-state index is -0.794. The molecule has 3 aromatic rings. The van der Waals surface area contributed by atoms with Gasteiger partial charge in [0.05, 0.1) is 31.0 Å². The third kappa shape index (κ3) is 5.14. The molecule has 1 N–H and O–H groups in total. The van der Waals surface area contributed by atoms with Crippen LogP contribution in [0.15, 0.2) is 89.6 Å². The van der Waals surface area contributed by atoms with Crippen LogP contribution in [-0.4, -0.2) is 34.9 Å². The number of hydrogen-bond donors (Lipinski definition) is 1. The molecule has 2 aromatic carbocycles. The van der Waals surface area contributed by atoms with Gasteiger partial charge in [-0.25, -0.2) is 0 Å². The van der Waals surface area contributed by atoms with E-state index in [1.165, 1.54) is 11.2 Å². The molecule has 0 spiro atoms. The molecule has 7 heteroatoms.